The largest absolute Gasteiger partial charge is 0.427 e. The van der Waals surface area contributed by atoms with Gasteiger partial charge >= 0.3 is 11.4 Å². The fraction of sp³-hybridized carbons (Fsp3) is 0.381. The van der Waals surface area contributed by atoms with E-state index in [9.17, 15) is 14.4 Å². The van der Waals surface area contributed by atoms with Crippen LogP contribution in [0.25, 0.3) is 11.1 Å². The van der Waals surface area contributed by atoms with Crippen molar-refractivity contribution in [3.63, 3.8) is 0 Å². The van der Waals surface area contributed by atoms with Crippen LogP contribution in [0.2, 0.25) is 0 Å². The molecule has 0 radical (unpaired) electrons. The van der Waals surface area contributed by atoms with Crippen molar-refractivity contribution in [3.8, 4) is 0 Å². The Balaban J connectivity index is 1.60. The third-order valence-corrected chi connectivity index (χ3v) is 5.34. The maximum atomic E-state index is 12.7. The van der Waals surface area contributed by atoms with E-state index < -0.39 is 17.3 Å². The minimum absolute atomic E-state index is 0.0230. The highest BCUT2D eigenvalue weighted by Crippen LogP contribution is 2.24. The highest BCUT2D eigenvalue weighted by atomic mass is 16.4. The molecule has 1 aliphatic heterocycles. The Bertz CT molecular complexity index is 1180. The van der Waals surface area contributed by atoms with Gasteiger partial charge in [0.1, 0.15) is 11.3 Å². The summed E-state index contributed by atoms with van der Waals surface area (Å²) in [6, 6.07) is 6.71. The van der Waals surface area contributed by atoms with Crippen LogP contribution in [0, 0.1) is 6.92 Å². The van der Waals surface area contributed by atoms with Crippen LogP contribution in [0.1, 0.15) is 47.4 Å². The van der Waals surface area contributed by atoms with Crippen LogP contribution in [0.4, 0.5) is 5.69 Å². The molecule has 1 atom stereocenters. The standard InChI is InChI=1S/C21H23N3O5/c1-3-24-15-7-6-14(10-17(15)29-21(24)27)23-19(25)18-12(2)9-16(28-20(18)26)13-5-4-8-22-11-13/h6-7,9-10,13,22H,3-5,8,11H2,1-2H3,(H,23,25). The van der Waals surface area contributed by atoms with Crippen LogP contribution in [0.5, 0.6) is 0 Å². The van der Waals surface area contributed by atoms with Gasteiger partial charge in [0.05, 0.1) is 5.52 Å². The summed E-state index contributed by atoms with van der Waals surface area (Å²) < 4.78 is 12.2. The molecule has 3 heterocycles. The number of benzene rings is 1. The average Bonchev–Trinajstić information content (AvgIpc) is 3.02. The summed E-state index contributed by atoms with van der Waals surface area (Å²) in [7, 11) is 0. The van der Waals surface area contributed by atoms with Gasteiger partial charge in [-0.25, -0.2) is 9.59 Å². The number of piperidine rings is 1. The van der Waals surface area contributed by atoms with Crippen molar-refractivity contribution < 1.29 is 13.6 Å². The topological polar surface area (TPSA) is 106 Å². The van der Waals surface area contributed by atoms with E-state index in [1.165, 1.54) is 4.57 Å². The van der Waals surface area contributed by atoms with Crippen molar-refractivity contribution in [1.29, 1.82) is 0 Å². The van der Waals surface area contributed by atoms with Crippen LogP contribution in [-0.2, 0) is 6.54 Å². The summed E-state index contributed by atoms with van der Waals surface area (Å²) in [5.74, 6) is -0.253. The zero-order valence-electron chi connectivity index (χ0n) is 16.4. The predicted octanol–water partition coefficient (Wildman–Crippen LogP) is 2.60. The molecule has 1 amide bonds. The molecule has 2 N–H and O–H groups in total. The van der Waals surface area contributed by atoms with E-state index in [1.807, 2.05) is 6.92 Å². The van der Waals surface area contributed by atoms with Gasteiger partial charge in [0.15, 0.2) is 5.58 Å². The van der Waals surface area contributed by atoms with E-state index in [0.29, 0.717) is 34.7 Å². The zero-order valence-corrected chi connectivity index (χ0v) is 16.4. The number of hydrogen-bond donors (Lipinski definition) is 2. The Kier molecular flexibility index (Phi) is 5.10. The van der Waals surface area contributed by atoms with Gasteiger partial charge in [0, 0.05) is 30.8 Å². The molecular weight excluding hydrogens is 374 g/mol. The van der Waals surface area contributed by atoms with E-state index in [4.69, 9.17) is 8.83 Å². The first-order chi connectivity index (χ1) is 14.0. The molecule has 1 aliphatic rings. The normalized spacial score (nSPS) is 16.8. The first kappa shape index (κ1) is 19.2. The van der Waals surface area contributed by atoms with Crippen molar-refractivity contribution in [3.05, 3.63) is 62.1 Å². The maximum Gasteiger partial charge on any atom is 0.419 e. The van der Waals surface area contributed by atoms with E-state index in [2.05, 4.69) is 10.6 Å². The molecule has 0 aliphatic carbocycles. The molecule has 0 spiro atoms. The monoisotopic (exact) mass is 397 g/mol. The van der Waals surface area contributed by atoms with Gasteiger partial charge in [0.2, 0.25) is 0 Å². The quantitative estimate of drug-likeness (QED) is 0.701. The Hall–Kier alpha value is -3.13. The fourth-order valence-electron chi connectivity index (χ4n) is 3.84. The molecule has 8 heteroatoms. The number of amides is 1. The molecule has 4 rings (SSSR count). The lowest BCUT2D eigenvalue weighted by Crippen LogP contribution is -2.30. The molecule has 2 aromatic heterocycles. The molecule has 3 aromatic rings. The van der Waals surface area contributed by atoms with E-state index >= 15 is 0 Å². The van der Waals surface area contributed by atoms with Crippen molar-refractivity contribution >= 4 is 22.7 Å². The number of carbonyl (C=O) groups excluding carboxylic acids is 1. The highest BCUT2D eigenvalue weighted by Gasteiger charge is 2.22. The van der Waals surface area contributed by atoms with Crippen LogP contribution >= 0.6 is 0 Å². The van der Waals surface area contributed by atoms with E-state index in [0.717, 1.165) is 25.9 Å². The predicted molar refractivity (Wildman–Crippen MR) is 109 cm³/mol. The number of hydrogen-bond acceptors (Lipinski definition) is 6. The maximum absolute atomic E-state index is 12.7. The Morgan fingerprint density at radius 2 is 2.10 bits per heavy atom. The minimum atomic E-state index is -0.646. The highest BCUT2D eigenvalue weighted by molar-refractivity contribution is 6.05. The first-order valence-corrected chi connectivity index (χ1v) is 9.78. The summed E-state index contributed by atoms with van der Waals surface area (Å²) in [6.07, 6.45) is 1.97. The van der Waals surface area contributed by atoms with Crippen LogP contribution in [-0.4, -0.2) is 23.6 Å². The number of nitrogens with one attached hydrogen (secondary N) is 2. The zero-order chi connectivity index (χ0) is 20.5. The molecule has 0 bridgehead atoms. The number of rotatable bonds is 4. The molecule has 8 nitrogen and oxygen atoms in total. The van der Waals surface area contributed by atoms with Crippen LogP contribution in [0.3, 0.4) is 0 Å². The van der Waals surface area contributed by atoms with Crippen molar-refractivity contribution in [2.75, 3.05) is 18.4 Å². The first-order valence-electron chi connectivity index (χ1n) is 9.78. The number of carbonyl (C=O) groups is 1. The lowest BCUT2D eigenvalue weighted by molar-refractivity contribution is 0.102. The third kappa shape index (κ3) is 3.63. The van der Waals surface area contributed by atoms with E-state index in [1.54, 1.807) is 31.2 Å². The minimum Gasteiger partial charge on any atom is -0.427 e. The second kappa shape index (κ2) is 7.71. The fourth-order valence-corrected chi connectivity index (χ4v) is 3.84. The molecule has 152 valence electrons. The number of aromatic nitrogens is 1. The van der Waals surface area contributed by atoms with Crippen molar-refractivity contribution in [2.24, 2.45) is 0 Å². The molecule has 0 saturated carbocycles. The molecule has 1 fully saturated rings. The summed E-state index contributed by atoms with van der Waals surface area (Å²) in [5.41, 5.74) is 1.36. The molecule has 1 unspecified atom stereocenters. The number of fused-ring (bicyclic) bond motifs is 1. The Labute approximate surface area is 166 Å². The third-order valence-electron chi connectivity index (χ3n) is 5.34. The Morgan fingerprint density at radius 3 is 2.79 bits per heavy atom. The van der Waals surface area contributed by atoms with Crippen molar-refractivity contribution in [1.82, 2.24) is 9.88 Å². The summed E-state index contributed by atoms with van der Waals surface area (Å²) in [6.45, 7) is 5.79. The van der Waals surface area contributed by atoms with Crippen LogP contribution < -0.4 is 22.0 Å². The van der Waals surface area contributed by atoms with Gasteiger partial charge in [-0.05, 0) is 57.0 Å². The van der Waals surface area contributed by atoms with Gasteiger partial charge in [0.25, 0.3) is 5.91 Å². The Morgan fingerprint density at radius 1 is 1.28 bits per heavy atom. The number of anilines is 1. The smallest absolute Gasteiger partial charge is 0.419 e. The number of nitrogens with zero attached hydrogens (tertiary/aromatic N) is 1. The average molecular weight is 397 g/mol. The van der Waals surface area contributed by atoms with Crippen LogP contribution in [0.15, 0.2) is 42.7 Å². The van der Waals surface area contributed by atoms with Gasteiger partial charge < -0.3 is 19.5 Å². The molecule has 1 saturated heterocycles. The van der Waals surface area contributed by atoms with Gasteiger partial charge in [-0.2, -0.15) is 0 Å². The lowest BCUT2D eigenvalue weighted by Gasteiger charge is -2.22. The van der Waals surface area contributed by atoms with Crippen molar-refractivity contribution in [2.45, 2.75) is 39.2 Å². The summed E-state index contributed by atoms with van der Waals surface area (Å²) >= 11 is 0. The van der Waals surface area contributed by atoms with Gasteiger partial charge in [-0.1, -0.05) is 0 Å². The molecular formula is C21H23N3O5. The second-order valence-electron chi connectivity index (χ2n) is 7.29. The van der Waals surface area contributed by atoms with E-state index in [-0.39, 0.29) is 11.5 Å². The second-order valence-corrected chi connectivity index (χ2v) is 7.29. The summed E-state index contributed by atoms with van der Waals surface area (Å²) in [4.78, 5) is 37.1. The number of aryl methyl sites for hydroxylation is 2. The van der Waals surface area contributed by atoms with Gasteiger partial charge in [-0.3, -0.25) is 9.36 Å². The SMILES string of the molecule is CCn1c(=O)oc2cc(NC(=O)c3c(C)cc(C4CCCNC4)oc3=O)ccc21. The summed E-state index contributed by atoms with van der Waals surface area (Å²) in [5, 5.41) is 5.99. The molecule has 29 heavy (non-hydrogen) atoms. The molecule has 1 aromatic carbocycles. The lowest BCUT2D eigenvalue weighted by atomic mass is 9.95. The van der Waals surface area contributed by atoms with Gasteiger partial charge in [-0.15, -0.1) is 0 Å². The number of oxazole rings is 1.